The van der Waals surface area contributed by atoms with Crippen LogP contribution in [0, 0.1) is 31.6 Å². The van der Waals surface area contributed by atoms with Gasteiger partial charge in [0.25, 0.3) is 11.8 Å². The predicted molar refractivity (Wildman–Crippen MR) is 138 cm³/mol. The number of hydrogen-bond donors (Lipinski definition) is 1. The van der Waals surface area contributed by atoms with Crippen molar-refractivity contribution in [3.63, 3.8) is 0 Å². The smallest absolute Gasteiger partial charge is 0.255 e. The second-order valence-electron chi connectivity index (χ2n) is 10.7. The molecule has 1 N–H and O–H groups in total. The van der Waals surface area contributed by atoms with Crippen LogP contribution in [0.25, 0.3) is 0 Å². The molecule has 186 valence electrons. The van der Waals surface area contributed by atoms with Crippen molar-refractivity contribution in [2.45, 2.75) is 47.0 Å². The Kier molecular flexibility index (Phi) is 7.58. The fraction of sp³-hybridized carbons (Fsp3) is 0.483. The maximum absolute atomic E-state index is 13.3. The standard InChI is InChI=1S/C29H37N3O3/c1-19-12-20(2)15-24(14-19)28(34)31-11-7-8-23(18-31)27(33)30-26-10-6-5-9-25(26)29(35)32-16-21(3)13-22(4)17-32/h5-6,9-10,12,14-15,21-23H,7-8,11,13,16-18H2,1-4H3,(H,30,33). The second-order valence-corrected chi connectivity index (χ2v) is 10.7. The van der Waals surface area contributed by atoms with E-state index >= 15 is 0 Å². The van der Waals surface area contributed by atoms with E-state index in [2.05, 4.69) is 19.2 Å². The lowest BCUT2D eigenvalue weighted by atomic mass is 9.91. The average Bonchev–Trinajstić information content (AvgIpc) is 2.82. The summed E-state index contributed by atoms with van der Waals surface area (Å²) >= 11 is 0. The van der Waals surface area contributed by atoms with Gasteiger partial charge in [-0.15, -0.1) is 0 Å². The number of aryl methyl sites for hydroxylation is 2. The zero-order valence-electron chi connectivity index (χ0n) is 21.3. The summed E-state index contributed by atoms with van der Waals surface area (Å²) in [6, 6.07) is 13.1. The minimum absolute atomic E-state index is 0.0294. The summed E-state index contributed by atoms with van der Waals surface area (Å²) in [5.41, 5.74) is 3.86. The number of likely N-dealkylation sites (tertiary alicyclic amines) is 2. The summed E-state index contributed by atoms with van der Waals surface area (Å²) < 4.78 is 0. The molecule has 2 aliphatic heterocycles. The van der Waals surface area contributed by atoms with Crippen LogP contribution in [0.5, 0.6) is 0 Å². The number of piperidine rings is 2. The van der Waals surface area contributed by atoms with Gasteiger partial charge in [0.1, 0.15) is 0 Å². The van der Waals surface area contributed by atoms with Crippen LogP contribution in [0.4, 0.5) is 5.69 Å². The van der Waals surface area contributed by atoms with Crippen LogP contribution in [-0.2, 0) is 4.79 Å². The van der Waals surface area contributed by atoms with E-state index in [0.29, 0.717) is 41.7 Å². The molecule has 35 heavy (non-hydrogen) atoms. The van der Waals surface area contributed by atoms with Crippen molar-refractivity contribution in [2.24, 2.45) is 17.8 Å². The highest BCUT2D eigenvalue weighted by atomic mass is 16.2. The molecule has 3 unspecified atom stereocenters. The molecule has 3 atom stereocenters. The highest BCUT2D eigenvalue weighted by Crippen LogP contribution is 2.26. The van der Waals surface area contributed by atoms with Gasteiger partial charge >= 0.3 is 0 Å². The minimum atomic E-state index is -0.309. The van der Waals surface area contributed by atoms with Crippen LogP contribution in [0.1, 0.15) is 65.0 Å². The first kappa shape index (κ1) is 25.0. The predicted octanol–water partition coefficient (Wildman–Crippen LogP) is 4.91. The molecule has 0 radical (unpaired) electrons. The van der Waals surface area contributed by atoms with Gasteiger partial charge in [0.15, 0.2) is 0 Å². The number of carbonyl (C=O) groups is 3. The monoisotopic (exact) mass is 475 g/mol. The number of para-hydroxylation sites is 1. The van der Waals surface area contributed by atoms with Crippen LogP contribution >= 0.6 is 0 Å². The Morgan fingerprint density at radius 2 is 1.51 bits per heavy atom. The average molecular weight is 476 g/mol. The van der Waals surface area contributed by atoms with E-state index < -0.39 is 0 Å². The fourth-order valence-electron chi connectivity index (χ4n) is 5.67. The highest BCUT2D eigenvalue weighted by Gasteiger charge is 2.31. The molecule has 2 fully saturated rings. The Balaban J connectivity index is 1.45. The van der Waals surface area contributed by atoms with E-state index in [1.807, 2.05) is 49.1 Å². The van der Waals surface area contributed by atoms with Crippen LogP contribution < -0.4 is 5.32 Å². The van der Waals surface area contributed by atoms with Gasteiger partial charge in [-0.05, 0) is 69.2 Å². The molecule has 4 rings (SSSR count). The molecule has 0 saturated carbocycles. The number of nitrogens with one attached hydrogen (secondary N) is 1. The molecule has 3 amide bonds. The van der Waals surface area contributed by atoms with E-state index in [1.165, 1.54) is 0 Å². The summed E-state index contributed by atoms with van der Waals surface area (Å²) in [5.74, 6) is 0.424. The Labute approximate surface area is 208 Å². The topological polar surface area (TPSA) is 69.7 Å². The van der Waals surface area contributed by atoms with Gasteiger partial charge in [-0.3, -0.25) is 14.4 Å². The lowest BCUT2D eigenvalue weighted by molar-refractivity contribution is -0.121. The number of carbonyl (C=O) groups excluding carboxylic acids is 3. The van der Waals surface area contributed by atoms with Gasteiger partial charge in [0.2, 0.25) is 5.91 Å². The molecule has 2 heterocycles. The van der Waals surface area contributed by atoms with Gasteiger partial charge in [-0.2, -0.15) is 0 Å². The minimum Gasteiger partial charge on any atom is -0.338 e. The van der Waals surface area contributed by atoms with Crippen molar-refractivity contribution >= 4 is 23.4 Å². The van der Waals surface area contributed by atoms with Gasteiger partial charge in [-0.1, -0.05) is 43.2 Å². The molecule has 2 aliphatic rings. The zero-order chi connectivity index (χ0) is 25.1. The molecule has 2 aromatic carbocycles. The van der Waals surface area contributed by atoms with Crippen molar-refractivity contribution < 1.29 is 14.4 Å². The van der Waals surface area contributed by atoms with Crippen LogP contribution in [0.3, 0.4) is 0 Å². The lowest BCUT2D eigenvalue weighted by Gasteiger charge is -2.35. The third kappa shape index (κ3) is 5.92. The van der Waals surface area contributed by atoms with Gasteiger partial charge in [0, 0.05) is 31.7 Å². The summed E-state index contributed by atoms with van der Waals surface area (Å²) in [6.45, 7) is 10.8. The number of amides is 3. The summed E-state index contributed by atoms with van der Waals surface area (Å²) in [7, 11) is 0. The number of nitrogens with zero attached hydrogens (tertiary/aromatic N) is 2. The van der Waals surface area contributed by atoms with Crippen LogP contribution in [0.15, 0.2) is 42.5 Å². The number of hydrogen-bond acceptors (Lipinski definition) is 3. The van der Waals surface area contributed by atoms with Gasteiger partial charge in [-0.25, -0.2) is 0 Å². The molecule has 6 nitrogen and oxygen atoms in total. The van der Waals surface area contributed by atoms with Crippen molar-refractivity contribution in [3.8, 4) is 0 Å². The molecular formula is C29H37N3O3. The SMILES string of the molecule is Cc1cc(C)cc(C(=O)N2CCCC(C(=O)Nc3ccccc3C(=O)N3CC(C)CC(C)C3)C2)c1. The van der Waals surface area contributed by atoms with E-state index in [9.17, 15) is 14.4 Å². The number of benzene rings is 2. The summed E-state index contributed by atoms with van der Waals surface area (Å²) in [6.07, 6.45) is 2.62. The van der Waals surface area contributed by atoms with E-state index in [1.54, 1.807) is 17.0 Å². The van der Waals surface area contributed by atoms with Crippen molar-refractivity contribution in [3.05, 3.63) is 64.7 Å². The first-order valence-electron chi connectivity index (χ1n) is 12.8. The van der Waals surface area contributed by atoms with E-state index in [4.69, 9.17) is 0 Å². The maximum atomic E-state index is 13.3. The first-order valence-corrected chi connectivity index (χ1v) is 12.8. The maximum Gasteiger partial charge on any atom is 0.255 e. The lowest BCUT2D eigenvalue weighted by Crippen LogP contribution is -2.44. The molecule has 2 aromatic rings. The highest BCUT2D eigenvalue weighted by molar-refractivity contribution is 6.04. The molecule has 2 saturated heterocycles. The zero-order valence-corrected chi connectivity index (χ0v) is 21.3. The first-order chi connectivity index (χ1) is 16.7. The third-order valence-corrected chi connectivity index (χ3v) is 7.12. The molecular weight excluding hydrogens is 438 g/mol. The molecule has 0 aliphatic carbocycles. The van der Waals surface area contributed by atoms with Crippen LogP contribution in [-0.4, -0.2) is 53.7 Å². The number of rotatable bonds is 4. The van der Waals surface area contributed by atoms with Crippen molar-refractivity contribution in [1.82, 2.24) is 9.80 Å². The normalized spacial score (nSPS) is 22.6. The van der Waals surface area contributed by atoms with Gasteiger partial charge in [0.05, 0.1) is 17.2 Å². The Bertz CT molecular complexity index is 1080. The summed E-state index contributed by atoms with van der Waals surface area (Å²) in [5, 5.41) is 3.02. The van der Waals surface area contributed by atoms with E-state index in [0.717, 1.165) is 43.5 Å². The largest absolute Gasteiger partial charge is 0.338 e. The van der Waals surface area contributed by atoms with E-state index in [-0.39, 0.29) is 23.6 Å². The molecule has 0 bridgehead atoms. The molecule has 0 aromatic heterocycles. The molecule has 6 heteroatoms. The fourth-order valence-corrected chi connectivity index (χ4v) is 5.67. The second kappa shape index (κ2) is 10.6. The quantitative estimate of drug-likeness (QED) is 0.683. The summed E-state index contributed by atoms with van der Waals surface area (Å²) in [4.78, 5) is 43.5. The van der Waals surface area contributed by atoms with Gasteiger partial charge < -0.3 is 15.1 Å². The van der Waals surface area contributed by atoms with Crippen molar-refractivity contribution in [1.29, 1.82) is 0 Å². The Morgan fingerprint density at radius 3 is 2.20 bits per heavy atom. The molecule has 0 spiro atoms. The Hall–Kier alpha value is -3.15. The number of anilines is 1. The third-order valence-electron chi connectivity index (χ3n) is 7.12. The van der Waals surface area contributed by atoms with Crippen LogP contribution in [0.2, 0.25) is 0 Å². The Morgan fingerprint density at radius 1 is 0.857 bits per heavy atom. The van der Waals surface area contributed by atoms with Crippen molar-refractivity contribution in [2.75, 3.05) is 31.5 Å².